The molecule has 1 saturated heterocycles. The lowest BCUT2D eigenvalue weighted by molar-refractivity contribution is -0.118. The molecule has 1 aliphatic heterocycles. The summed E-state index contributed by atoms with van der Waals surface area (Å²) in [4.78, 5) is 15.5. The maximum atomic E-state index is 10.6. The number of unbranched alkanes of at least 4 members (excludes halogenated alkanes) is 1. The summed E-state index contributed by atoms with van der Waals surface area (Å²) >= 11 is 0. The molecule has 17 heavy (non-hydrogen) atoms. The molecule has 0 saturated carbocycles. The molecule has 1 rings (SSSR count). The lowest BCUT2D eigenvalue weighted by atomic mass is 10.2. The summed E-state index contributed by atoms with van der Waals surface area (Å²) in [5.74, 6) is -0.184. The van der Waals surface area contributed by atoms with Crippen molar-refractivity contribution in [3.8, 4) is 0 Å². The first-order valence-electron chi connectivity index (χ1n) is 6.65. The van der Waals surface area contributed by atoms with Crippen LogP contribution in [0, 0.1) is 0 Å². The molecule has 0 aliphatic carbocycles. The molecule has 5 nitrogen and oxygen atoms in total. The second kappa shape index (κ2) is 8.44. The number of carbonyl (C=O) groups excluding carboxylic acids is 1. The Bertz CT molecular complexity index is 215. The second-order valence-electron chi connectivity index (χ2n) is 4.75. The molecule has 0 aromatic rings. The van der Waals surface area contributed by atoms with E-state index in [0.717, 1.165) is 65.1 Å². The molecule has 1 fully saturated rings. The van der Waals surface area contributed by atoms with E-state index in [2.05, 4.69) is 9.80 Å². The van der Waals surface area contributed by atoms with E-state index in [0.29, 0.717) is 6.42 Å². The average Bonchev–Trinajstić information content (AvgIpc) is 2.33. The molecule has 0 bridgehead atoms. The van der Waals surface area contributed by atoms with Crippen molar-refractivity contribution in [1.29, 1.82) is 0 Å². The van der Waals surface area contributed by atoms with E-state index < -0.39 is 0 Å². The normalized spacial score (nSPS) is 18.4. The van der Waals surface area contributed by atoms with Crippen LogP contribution in [0.25, 0.3) is 0 Å². The van der Waals surface area contributed by atoms with Gasteiger partial charge in [-0.2, -0.15) is 0 Å². The van der Waals surface area contributed by atoms with Crippen LogP contribution >= 0.6 is 0 Å². The van der Waals surface area contributed by atoms with Crippen LogP contribution in [-0.2, 0) is 4.79 Å². The van der Waals surface area contributed by atoms with Crippen molar-refractivity contribution < 1.29 is 4.79 Å². The number of amides is 1. The van der Waals surface area contributed by atoms with Gasteiger partial charge in [-0.1, -0.05) is 0 Å². The predicted molar refractivity (Wildman–Crippen MR) is 69.6 cm³/mol. The van der Waals surface area contributed by atoms with Crippen LogP contribution in [-0.4, -0.2) is 61.5 Å². The zero-order valence-electron chi connectivity index (χ0n) is 10.7. The third-order valence-electron chi connectivity index (χ3n) is 3.29. The molecule has 0 spiro atoms. The number of carbonyl (C=O) groups is 1. The van der Waals surface area contributed by atoms with Gasteiger partial charge in [0.1, 0.15) is 0 Å². The van der Waals surface area contributed by atoms with E-state index >= 15 is 0 Å². The van der Waals surface area contributed by atoms with E-state index in [4.69, 9.17) is 11.5 Å². The predicted octanol–water partition coefficient (Wildman–Crippen LogP) is -0.392. The Balaban J connectivity index is 2.01. The average molecular weight is 242 g/mol. The van der Waals surface area contributed by atoms with Crippen molar-refractivity contribution in [2.75, 3.05) is 45.8 Å². The standard InChI is InChI=1S/C12H26N4O/c13-5-3-7-16-10-8-15(9-11-16)6-2-1-4-12(14)17/h1-11,13H2,(H2,14,17). The summed E-state index contributed by atoms with van der Waals surface area (Å²) in [5.41, 5.74) is 10.6. The van der Waals surface area contributed by atoms with Crippen LogP contribution < -0.4 is 11.5 Å². The molecule has 0 aromatic carbocycles. The Kier molecular flexibility index (Phi) is 7.16. The summed E-state index contributed by atoms with van der Waals surface area (Å²) in [5, 5.41) is 0. The minimum absolute atomic E-state index is 0.184. The number of hydrogen-bond acceptors (Lipinski definition) is 4. The van der Waals surface area contributed by atoms with Gasteiger partial charge in [-0.25, -0.2) is 0 Å². The topological polar surface area (TPSA) is 75.6 Å². The third kappa shape index (κ3) is 6.61. The molecule has 4 N–H and O–H groups in total. The van der Waals surface area contributed by atoms with E-state index in [1.807, 2.05) is 0 Å². The Morgan fingerprint density at radius 3 is 1.94 bits per heavy atom. The van der Waals surface area contributed by atoms with E-state index in [9.17, 15) is 4.79 Å². The minimum Gasteiger partial charge on any atom is -0.370 e. The molecule has 0 atom stereocenters. The van der Waals surface area contributed by atoms with Gasteiger partial charge in [-0.15, -0.1) is 0 Å². The lowest BCUT2D eigenvalue weighted by Crippen LogP contribution is -2.47. The van der Waals surface area contributed by atoms with Gasteiger partial charge in [0.25, 0.3) is 0 Å². The largest absolute Gasteiger partial charge is 0.370 e. The molecular formula is C12H26N4O. The second-order valence-corrected chi connectivity index (χ2v) is 4.75. The summed E-state index contributed by atoms with van der Waals surface area (Å²) in [6.45, 7) is 7.59. The van der Waals surface area contributed by atoms with Crippen molar-refractivity contribution in [1.82, 2.24) is 9.80 Å². The molecule has 0 aromatic heterocycles. The highest BCUT2D eigenvalue weighted by Gasteiger charge is 2.15. The highest BCUT2D eigenvalue weighted by molar-refractivity contribution is 5.73. The van der Waals surface area contributed by atoms with E-state index in [1.165, 1.54) is 0 Å². The third-order valence-corrected chi connectivity index (χ3v) is 3.29. The number of hydrogen-bond donors (Lipinski definition) is 2. The number of piperazine rings is 1. The Hall–Kier alpha value is -0.650. The van der Waals surface area contributed by atoms with Gasteiger partial charge in [0.15, 0.2) is 0 Å². The summed E-state index contributed by atoms with van der Waals surface area (Å²) in [6, 6.07) is 0. The molecule has 0 unspecified atom stereocenters. The fraction of sp³-hybridized carbons (Fsp3) is 0.917. The van der Waals surface area contributed by atoms with Crippen LogP contribution in [0.3, 0.4) is 0 Å². The van der Waals surface area contributed by atoms with Crippen LogP contribution in [0.5, 0.6) is 0 Å². The minimum atomic E-state index is -0.184. The number of rotatable bonds is 8. The SMILES string of the molecule is NCCCN1CCN(CCCCC(N)=O)CC1. The van der Waals surface area contributed by atoms with Gasteiger partial charge in [-0.3, -0.25) is 4.79 Å². The monoisotopic (exact) mass is 242 g/mol. The van der Waals surface area contributed by atoms with Crippen molar-refractivity contribution in [3.63, 3.8) is 0 Å². The maximum absolute atomic E-state index is 10.6. The van der Waals surface area contributed by atoms with Crippen molar-refractivity contribution in [2.45, 2.75) is 25.7 Å². The van der Waals surface area contributed by atoms with Gasteiger partial charge >= 0.3 is 0 Å². The molecule has 1 amide bonds. The van der Waals surface area contributed by atoms with Crippen molar-refractivity contribution >= 4 is 5.91 Å². The van der Waals surface area contributed by atoms with Gasteiger partial charge < -0.3 is 21.3 Å². The highest BCUT2D eigenvalue weighted by Crippen LogP contribution is 2.04. The van der Waals surface area contributed by atoms with E-state index in [-0.39, 0.29) is 5.91 Å². The first-order valence-corrected chi connectivity index (χ1v) is 6.65. The van der Waals surface area contributed by atoms with Gasteiger partial charge in [0.05, 0.1) is 0 Å². The fourth-order valence-corrected chi connectivity index (χ4v) is 2.19. The van der Waals surface area contributed by atoms with Crippen molar-refractivity contribution in [2.24, 2.45) is 11.5 Å². The van der Waals surface area contributed by atoms with Crippen LogP contribution in [0.15, 0.2) is 0 Å². The number of nitrogens with two attached hydrogens (primary N) is 2. The first-order chi connectivity index (χ1) is 8.22. The van der Waals surface area contributed by atoms with E-state index in [1.54, 1.807) is 0 Å². The van der Waals surface area contributed by atoms with Crippen molar-refractivity contribution in [3.05, 3.63) is 0 Å². The molecule has 0 radical (unpaired) electrons. The maximum Gasteiger partial charge on any atom is 0.217 e. The summed E-state index contributed by atoms with van der Waals surface area (Å²) in [7, 11) is 0. The molecule has 1 aliphatic rings. The fourth-order valence-electron chi connectivity index (χ4n) is 2.19. The smallest absolute Gasteiger partial charge is 0.217 e. The highest BCUT2D eigenvalue weighted by atomic mass is 16.1. The first kappa shape index (κ1) is 14.4. The quantitative estimate of drug-likeness (QED) is 0.568. The number of primary amides is 1. The van der Waals surface area contributed by atoms with Gasteiger partial charge in [-0.05, 0) is 38.9 Å². The molecule has 1 heterocycles. The molecule has 5 heteroatoms. The Morgan fingerprint density at radius 2 is 1.47 bits per heavy atom. The number of nitrogens with zero attached hydrogens (tertiary/aromatic N) is 2. The molecular weight excluding hydrogens is 216 g/mol. The molecule has 100 valence electrons. The van der Waals surface area contributed by atoms with Crippen LogP contribution in [0.2, 0.25) is 0 Å². The summed E-state index contributed by atoms with van der Waals surface area (Å²) in [6.07, 6.45) is 3.61. The van der Waals surface area contributed by atoms with Crippen LogP contribution in [0.4, 0.5) is 0 Å². The Morgan fingerprint density at radius 1 is 0.941 bits per heavy atom. The summed E-state index contributed by atoms with van der Waals surface area (Å²) < 4.78 is 0. The Labute approximate surface area is 104 Å². The van der Waals surface area contributed by atoms with Crippen LogP contribution in [0.1, 0.15) is 25.7 Å². The lowest BCUT2D eigenvalue weighted by Gasteiger charge is -2.34. The van der Waals surface area contributed by atoms with Gasteiger partial charge in [0.2, 0.25) is 5.91 Å². The van der Waals surface area contributed by atoms with Gasteiger partial charge in [0, 0.05) is 32.6 Å². The zero-order valence-corrected chi connectivity index (χ0v) is 10.7. The zero-order chi connectivity index (χ0) is 12.5.